The van der Waals surface area contributed by atoms with Crippen molar-refractivity contribution in [3.63, 3.8) is 0 Å². The molecule has 1 aromatic heterocycles. The first kappa shape index (κ1) is 13.8. The second-order valence-electron chi connectivity index (χ2n) is 3.80. The summed E-state index contributed by atoms with van der Waals surface area (Å²) >= 11 is 5.70. The zero-order chi connectivity index (χ0) is 14.9. The molecule has 0 spiro atoms. The van der Waals surface area contributed by atoms with Crippen LogP contribution in [0.2, 0.25) is 5.02 Å². The number of ether oxygens (including phenoxy) is 1. The molecule has 0 unspecified atom stereocenters. The van der Waals surface area contributed by atoms with Gasteiger partial charge in [-0.05, 0) is 18.2 Å². The Bertz CT molecular complexity index is 697. The van der Waals surface area contributed by atoms with Crippen molar-refractivity contribution < 1.29 is 19.6 Å². The van der Waals surface area contributed by atoms with E-state index in [-0.39, 0.29) is 27.9 Å². The van der Waals surface area contributed by atoms with Gasteiger partial charge in [-0.25, -0.2) is 4.79 Å². The third-order valence-electron chi connectivity index (χ3n) is 2.35. The highest BCUT2D eigenvalue weighted by molar-refractivity contribution is 6.31. The van der Waals surface area contributed by atoms with Crippen molar-refractivity contribution in [3.05, 3.63) is 45.1 Å². The first-order valence-corrected chi connectivity index (χ1v) is 5.65. The summed E-state index contributed by atoms with van der Waals surface area (Å²) in [5.41, 5.74) is -0.573. The molecule has 0 atom stereocenters. The highest BCUT2D eigenvalue weighted by Gasteiger charge is 2.23. The number of nitro groups is 1. The third-order valence-corrected chi connectivity index (χ3v) is 2.59. The lowest BCUT2D eigenvalue weighted by Gasteiger charge is -2.06. The van der Waals surface area contributed by atoms with Gasteiger partial charge in [0.15, 0.2) is 0 Å². The first-order chi connectivity index (χ1) is 9.38. The molecule has 104 valence electrons. The number of benzene rings is 1. The van der Waals surface area contributed by atoms with Gasteiger partial charge in [0, 0.05) is 12.1 Å². The van der Waals surface area contributed by atoms with Crippen LogP contribution in [0.25, 0.3) is 0 Å². The van der Waals surface area contributed by atoms with Crippen LogP contribution in [0.15, 0.2) is 24.4 Å². The maximum atomic E-state index is 11.1. The molecule has 0 aliphatic heterocycles. The second kappa shape index (κ2) is 5.17. The van der Waals surface area contributed by atoms with Crippen molar-refractivity contribution in [1.29, 1.82) is 0 Å². The molecule has 1 aromatic carbocycles. The fourth-order valence-electron chi connectivity index (χ4n) is 1.52. The second-order valence-corrected chi connectivity index (χ2v) is 4.23. The summed E-state index contributed by atoms with van der Waals surface area (Å²) < 4.78 is 6.42. The molecule has 20 heavy (non-hydrogen) atoms. The van der Waals surface area contributed by atoms with Gasteiger partial charge in [0.05, 0.1) is 4.92 Å². The van der Waals surface area contributed by atoms with Gasteiger partial charge in [-0.1, -0.05) is 11.6 Å². The molecule has 0 saturated heterocycles. The van der Waals surface area contributed by atoms with Crippen LogP contribution < -0.4 is 4.74 Å². The van der Waals surface area contributed by atoms with Crippen molar-refractivity contribution in [2.45, 2.75) is 0 Å². The quantitative estimate of drug-likeness (QED) is 0.686. The number of aromatic nitrogens is 2. The molecule has 0 amide bonds. The average Bonchev–Trinajstić information content (AvgIpc) is 2.72. The monoisotopic (exact) mass is 297 g/mol. The normalized spacial score (nSPS) is 10.3. The zero-order valence-corrected chi connectivity index (χ0v) is 10.9. The summed E-state index contributed by atoms with van der Waals surface area (Å²) in [7, 11) is 1.49. The number of halogens is 1. The van der Waals surface area contributed by atoms with E-state index in [4.69, 9.17) is 21.4 Å². The number of carbonyl (C=O) groups is 1. The van der Waals surface area contributed by atoms with Gasteiger partial charge in [0.25, 0.3) is 0 Å². The molecule has 8 nitrogen and oxygen atoms in total. The molecule has 0 saturated carbocycles. The summed E-state index contributed by atoms with van der Waals surface area (Å²) in [6.45, 7) is 0. The molecule has 0 fully saturated rings. The molecule has 0 aliphatic rings. The first-order valence-electron chi connectivity index (χ1n) is 5.27. The van der Waals surface area contributed by atoms with Gasteiger partial charge < -0.3 is 9.84 Å². The summed E-state index contributed by atoms with van der Waals surface area (Å²) in [6.07, 6.45) is 1.16. The van der Waals surface area contributed by atoms with Gasteiger partial charge >= 0.3 is 17.5 Å². The van der Waals surface area contributed by atoms with Gasteiger partial charge in [0.1, 0.15) is 17.5 Å². The largest absolute Gasteiger partial charge is 0.478 e. The predicted molar refractivity (Wildman–Crippen MR) is 68.3 cm³/mol. The number of rotatable bonds is 4. The molecule has 9 heteroatoms. The lowest BCUT2D eigenvalue weighted by molar-refractivity contribution is -0.385. The van der Waals surface area contributed by atoms with Crippen molar-refractivity contribution in [2.24, 2.45) is 7.05 Å². The van der Waals surface area contributed by atoms with Gasteiger partial charge in [-0.15, -0.1) is 5.10 Å². The van der Waals surface area contributed by atoms with E-state index in [9.17, 15) is 14.9 Å². The number of aromatic carboxylic acids is 1. The third kappa shape index (κ3) is 2.69. The standard InChI is InChI=1S/C11H8ClN3O5/c1-14-5-8(15(18)19)10(13-14)20-9-3-2-6(12)4-7(9)11(16)17/h2-5H,1H3,(H,16,17). The van der Waals surface area contributed by atoms with Crippen LogP contribution in [0, 0.1) is 10.1 Å². The maximum Gasteiger partial charge on any atom is 0.350 e. The number of carboxylic acids is 1. The van der Waals surface area contributed by atoms with Crippen LogP contribution >= 0.6 is 11.6 Å². The van der Waals surface area contributed by atoms with Crippen LogP contribution in [0.3, 0.4) is 0 Å². The van der Waals surface area contributed by atoms with Crippen molar-refractivity contribution >= 4 is 23.3 Å². The van der Waals surface area contributed by atoms with Crippen LogP contribution in [0.5, 0.6) is 11.6 Å². The van der Waals surface area contributed by atoms with E-state index in [1.807, 2.05) is 0 Å². The highest BCUT2D eigenvalue weighted by atomic mass is 35.5. The summed E-state index contributed by atoms with van der Waals surface area (Å²) in [6, 6.07) is 3.91. The van der Waals surface area contributed by atoms with Crippen LogP contribution in [0.1, 0.15) is 10.4 Å². The van der Waals surface area contributed by atoms with Crippen LogP contribution in [-0.2, 0) is 7.05 Å². The minimum atomic E-state index is -1.26. The Morgan fingerprint density at radius 1 is 1.55 bits per heavy atom. The minimum absolute atomic E-state index is 0.0799. The number of aryl methyl sites for hydroxylation is 1. The van der Waals surface area contributed by atoms with E-state index in [0.29, 0.717) is 0 Å². The van der Waals surface area contributed by atoms with E-state index in [1.54, 1.807) is 0 Å². The SMILES string of the molecule is Cn1cc([N+](=O)[O-])c(Oc2ccc(Cl)cc2C(=O)O)n1. The van der Waals surface area contributed by atoms with Crippen molar-refractivity contribution in [1.82, 2.24) is 9.78 Å². The maximum absolute atomic E-state index is 11.1. The van der Waals surface area contributed by atoms with Gasteiger partial charge in [0.2, 0.25) is 0 Å². The Morgan fingerprint density at radius 2 is 2.25 bits per heavy atom. The topological polar surface area (TPSA) is 107 Å². The van der Waals surface area contributed by atoms with E-state index < -0.39 is 10.9 Å². The Kier molecular flexibility index (Phi) is 3.57. The van der Waals surface area contributed by atoms with Crippen LogP contribution in [-0.4, -0.2) is 25.8 Å². The summed E-state index contributed by atoms with van der Waals surface area (Å²) in [4.78, 5) is 21.3. The van der Waals surface area contributed by atoms with Crippen molar-refractivity contribution in [2.75, 3.05) is 0 Å². The van der Waals surface area contributed by atoms with Crippen LogP contribution in [0.4, 0.5) is 5.69 Å². The smallest absolute Gasteiger partial charge is 0.350 e. The van der Waals surface area contributed by atoms with Gasteiger partial charge in [-0.2, -0.15) is 0 Å². The highest BCUT2D eigenvalue weighted by Crippen LogP contribution is 2.32. The summed E-state index contributed by atoms with van der Waals surface area (Å²) in [5, 5.41) is 23.9. The average molecular weight is 298 g/mol. The lowest BCUT2D eigenvalue weighted by atomic mass is 10.2. The molecular formula is C11H8ClN3O5. The molecule has 0 aliphatic carbocycles. The Balaban J connectivity index is 2.45. The van der Waals surface area contributed by atoms with Crippen molar-refractivity contribution in [3.8, 4) is 11.6 Å². The fraction of sp³-hybridized carbons (Fsp3) is 0.0909. The Morgan fingerprint density at radius 3 is 2.85 bits per heavy atom. The zero-order valence-electron chi connectivity index (χ0n) is 10.1. The molecule has 1 heterocycles. The molecule has 2 aromatic rings. The number of hydrogen-bond acceptors (Lipinski definition) is 5. The molecule has 2 rings (SSSR count). The predicted octanol–water partition coefficient (Wildman–Crippen LogP) is 2.47. The number of nitrogens with zero attached hydrogens (tertiary/aromatic N) is 3. The van der Waals surface area contributed by atoms with E-state index >= 15 is 0 Å². The lowest BCUT2D eigenvalue weighted by Crippen LogP contribution is -2.01. The van der Waals surface area contributed by atoms with E-state index in [2.05, 4.69) is 5.10 Å². The fourth-order valence-corrected chi connectivity index (χ4v) is 1.69. The Labute approximate surface area is 117 Å². The Hall–Kier alpha value is -2.61. The van der Waals surface area contributed by atoms with E-state index in [0.717, 1.165) is 6.20 Å². The minimum Gasteiger partial charge on any atom is -0.478 e. The molecule has 0 radical (unpaired) electrons. The number of hydrogen-bond donors (Lipinski definition) is 1. The molecule has 1 N–H and O–H groups in total. The summed E-state index contributed by atoms with van der Waals surface area (Å²) in [5.74, 6) is -1.63. The van der Waals surface area contributed by atoms with Gasteiger partial charge in [-0.3, -0.25) is 14.8 Å². The van der Waals surface area contributed by atoms with E-state index in [1.165, 1.54) is 29.9 Å². The molecular weight excluding hydrogens is 290 g/mol. The number of carboxylic acid groups (broad SMARTS) is 1. The molecule has 0 bridgehead atoms.